The van der Waals surface area contributed by atoms with Gasteiger partial charge in [-0.1, -0.05) is 18.2 Å². The smallest absolute Gasteiger partial charge is 0.258 e. The average molecular weight is 581 g/mol. The lowest BCUT2D eigenvalue weighted by Crippen LogP contribution is -2.58. The minimum atomic E-state index is -0.710. The van der Waals surface area contributed by atoms with Gasteiger partial charge < -0.3 is 34.5 Å². The van der Waals surface area contributed by atoms with Crippen molar-refractivity contribution in [2.75, 3.05) is 53.1 Å². The van der Waals surface area contributed by atoms with Crippen LogP contribution >= 0.6 is 0 Å². The van der Waals surface area contributed by atoms with Crippen LogP contribution in [-0.4, -0.2) is 98.3 Å². The molecule has 2 aromatic rings. The molecule has 0 saturated carbocycles. The van der Waals surface area contributed by atoms with Crippen LogP contribution in [-0.2, 0) is 32.1 Å². The predicted molar refractivity (Wildman–Crippen MR) is 154 cm³/mol. The normalized spacial score (nSPS) is 22.4. The highest BCUT2D eigenvalue weighted by Crippen LogP contribution is 2.29. The number of amides is 3. The fourth-order valence-corrected chi connectivity index (χ4v) is 5.62. The molecule has 0 aliphatic carbocycles. The van der Waals surface area contributed by atoms with E-state index in [-0.39, 0.29) is 36.8 Å². The van der Waals surface area contributed by atoms with E-state index in [0.29, 0.717) is 69.6 Å². The van der Waals surface area contributed by atoms with E-state index in [0.717, 1.165) is 11.1 Å². The maximum Gasteiger partial charge on any atom is 0.258 e. The third kappa shape index (κ3) is 6.96. The zero-order valence-corrected chi connectivity index (χ0v) is 24.5. The number of ether oxygens (including phenoxy) is 4. The van der Waals surface area contributed by atoms with E-state index < -0.39 is 11.6 Å². The molecular formula is C31H40N4O7. The molecule has 42 heavy (non-hydrogen) atoms. The second-order valence-electron chi connectivity index (χ2n) is 11.4. The van der Waals surface area contributed by atoms with Crippen LogP contribution in [0, 0.1) is 0 Å². The van der Waals surface area contributed by atoms with Crippen LogP contribution in [0.1, 0.15) is 31.4 Å². The maximum absolute atomic E-state index is 13.8. The first kappa shape index (κ1) is 29.7. The molecule has 4 bridgehead atoms. The lowest BCUT2D eigenvalue weighted by molar-refractivity contribution is -0.144. The summed E-state index contributed by atoms with van der Waals surface area (Å²) in [4.78, 5) is 43.3. The van der Waals surface area contributed by atoms with E-state index in [4.69, 9.17) is 18.9 Å². The summed E-state index contributed by atoms with van der Waals surface area (Å²) in [5.41, 5.74) is 1.08. The number of methoxy groups -OCH3 is 1. The number of aryl methyl sites for hydroxylation is 1. The van der Waals surface area contributed by atoms with Gasteiger partial charge in [-0.2, -0.15) is 0 Å². The fraction of sp³-hybridized carbons (Fsp3) is 0.516. The molecule has 6 aliphatic heterocycles. The molecular weight excluding hydrogens is 540 g/mol. The van der Waals surface area contributed by atoms with Crippen molar-refractivity contribution >= 4 is 17.7 Å². The molecule has 11 heteroatoms. The van der Waals surface area contributed by atoms with Gasteiger partial charge in [0.15, 0.2) is 18.1 Å². The first-order valence-corrected chi connectivity index (χ1v) is 14.5. The highest BCUT2D eigenvalue weighted by atomic mass is 16.5. The van der Waals surface area contributed by atoms with Crippen LogP contribution in [0.5, 0.6) is 17.2 Å². The molecule has 11 nitrogen and oxygen atoms in total. The summed E-state index contributed by atoms with van der Waals surface area (Å²) in [6.45, 7) is 7.36. The molecule has 2 fully saturated rings. The van der Waals surface area contributed by atoms with Gasteiger partial charge in [0, 0.05) is 32.6 Å². The Labute approximate surface area is 246 Å². The Balaban J connectivity index is 1.36. The monoisotopic (exact) mass is 580 g/mol. The van der Waals surface area contributed by atoms with Gasteiger partial charge in [0.1, 0.15) is 11.9 Å². The standard InChI is InChI=1S/C31H40N4O7/c1-31(2,35-12-14-40-15-13-35)30(38)34-18-24-27(19-34)42-23-8-4-22(5-9-23)17-32-29(37)20-41-25-10-6-21(16-26(25)39-3)7-11-28(36)33-24/h4-6,8-10,16,24,27H,7,11-15,17-20H2,1-3H3,(H,32,37)(H,33,36)/t24-,27-/m0/s1. The number of hydrogen-bond acceptors (Lipinski definition) is 8. The first-order chi connectivity index (χ1) is 20.2. The van der Waals surface area contributed by atoms with Crippen LogP contribution in [0.4, 0.5) is 0 Å². The Morgan fingerprint density at radius 1 is 0.976 bits per heavy atom. The largest absolute Gasteiger partial charge is 0.493 e. The van der Waals surface area contributed by atoms with Crippen LogP contribution in [0.15, 0.2) is 42.5 Å². The number of likely N-dealkylation sites (tertiary alicyclic amines) is 1. The lowest BCUT2D eigenvalue weighted by atomic mass is 10.00. The Kier molecular flexibility index (Phi) is 9.18. The zero-order chi connectivity index (χ0) is 29.7. The van der Waals surface area contributed by atoms with Crippen LogP contribution < -0.4 is 24.8 Å². The van der Waals surface area contributed by atoms with E-state index >= 15 is 0 Å². The van der Waals surface area contributed by atoms with Crippen LogP contribution in [0.3, 0.4) is 0 Å². The molecule has 0 spiro atoms. The summed E-state index contributed by atoms with van der Waals surface area (Å²) in [5, 5.41) is 6.00. The highest BCUT2D eigenvalue weighted by Gasteiger charge is 2.44. The highest BCUT2D eigenvalue weighted by molar-refractivity contribution is 5.86. The van der Waals surface area contributed by atoms with E-state index in [9.17, 15) is 14.4 Å². The van der Waals surface area contributed by atoms with Crippen molar-refractivity contribution in [3.8, 4) is 17.2 Å². The quantitative estimate of drug-likeness (QED) is 0.561. The zero-order valence-electron chi connectivity index (χ0n) is 24.5. The molecule has 6 aliphatic rings. The predicted octanol–water partition coefficient (Wildman–Crippen LogP) is 1.52. The van der Waals surface area contributed by atoms with Gasteiger partial charge in [0.05, 0.1) is 38.4 Å². The fourth-order valence-electron chi connectivity index (χ4n) is 5.62. The number of benzene rings is 2. The Bertz CT molecular complexity index is 1280. The summed E-state index contributed by atoms with van der Waals surface area (Å²) < 4.78 is 23.0. The van der Waals surface area contributed by atoms with E-state index in [1.54, 1.807) is 11.0 Å². The van der Waals surface area contributed by atoms with Crippen molar-refractivity contribution < 1.29 is 33.3 Å². The number of carbonyl (C=O) groups excluding carboxylic acids is 3. The molecule has 0 radical (unpaired) electrons. The SMILES string of the molecule is COc1cc2ccc1OCC(=O)NCc1ccc(cc1)O[C@H]1CN(C(=O)C(C)(C)N3CCOCC3)C[C@@H]1NC(=O)CC2. The van der Waals surface area contributed by atoms with Gasteiger partial charge >= 0.3 is 0 Å². The lowest BCUT2D eigenvalue weighted by Gasteiger charge is -2.41. The molecule has 6 heterocycles. The Hall–Kier alpha value is -3.83. The summed E-state index contributed by atoms with van der Waals surface area (Å²) in [7, 11) is 1.54. The van der Waals surface area contributed by atoms with E-state index in [1.165, 1.54) is 7.11 Å². The molecule has 0 unspecified atom stereocenters. The summed E-state index contributed by atoms with van der Waals surface area (Å²) in [6, 6.07) is 12.5. The molecule has 0 aromatic heterocycles. The number of rotatable bonds is 3. The first-order valence-electron chi connectivity index (χ1n) is 14.5. The number of carbonyl (C=O) groups is 3. The second kappa shape index (κ2) is 13.0. The van der Waals surface area contributed by atoms with Gasteiger partial charge in [0.25, 0.3) is 5.91 Å². The number of nitrogens with zero attached hydrogens (tertiary/aromatic N) is 2. The summed E-state index contributed by atoms with van der Waals surface area (Å²) >= 11 is 0. The number of hydrogen-bond donors (Lipinski definition) is 2. The van der Waals surface area contributed by atoms with Crippen molar-refractivity contribution in [1.29, 1.82) is 0 Å². The molecule has 2 aromatic carbocycles. The molecule has 226 valence electrons. The van der Waals surface area contributed by atoms with Gasteiger partial charge in [-0.25, -0.2) is 0 Å². The molecule has 3 amide bonds. The summed E-state index contributed by atoms with van der Waals surface area (Å²) in [6.07, 6.45) is 0.304. The Morgan fingerprint density at radius 2 is 1.71 bits per heavy atom. The van der Waals surface area contributed by atoms with E-state index in [1.807, 2.05) is 50.2 Å². The third-order valence-corrected chi connectivity index (χ3v) is 8.15. The van der Waals surface area contributed by atoms with Crippen molar-refractivity contribution in [3.63, 3.8) is 0 Å². The van der Waals surface area contributed by atoms with E-state index in [2.05, 4.69) is 15.5 Å². The second-order valence-corrected chi connectivity index (χ2v) is 11.4. The summed E-state index contributed by atoms with van der Waals surface area (Å²) in [5.74, 6) is 1.19. The minimum Gasteiger partial charge on any atom is -0.493 e. The molecule has 2 saturated heterocycles. The van der Waals surface area contributed by atoms with Gasteiger partial charge in [-0.3, -0.25) is 19.3 Å². The van der Waals surface area contributed by atoms with Crippen molar-refractivity contribution in [1.82, 2.24) is 20.4 Å². The van der Waals surface area contributed by atoms with Gasteiger partial charge in [-0.15, -0.1) is 0 Å². The topological polar surface area (TPSA) is 119 Å². The van der Waals surface area contributed by atoms with Crippen molar-refractivity contribution in [2.45, 2.75) is 50.9 Å². The van der Waals surface area contributed by atoms with Gasteiger partial charge in [-0.05, 0) is 55.7 Å². The number of nitrogens with one attached hydrogen (secondary N) is 2. The molecule has 8 rings (SSSR count). The van der Waals surface area contributed by atoms with Gasteiger partial charge in [0.2, 0.25) is 11.8 Å². The number of morpholine rings is 1. The van der Waals surface area contributed by atoms with Crippen LogP contribution in [0.2, 0.25) is 0 Å². The molecule has 2 N–H and O–H groups in total. The molecule has 2 atom stereocenters. The van der Waals surface area contributed by atoms with Crippen molar-refractivity contribution in [2.24, 2.45) is 0 Å². The Morgan fingerprint density at radius 3 is 2.45 bits per heavy atom. The van der Waals surface area contributed by atoms with Crippen molar-refractivity contribution in [3.05, 3.63) is 53.6 Å². The third-order valence-electron chi connectivity index (χ3n) is 8.15. The average Bonchev–Trinajstić information content (AvgIpc) is 3.39. The maximum atomic E-state index is 13.8. The minimum absolute atomic E-state index is 0.000707. The van der Waals surface area contributed by atoms with Crippen LogP contribution in [0.25, 0.3) is 0 Å².